The molecule has 0 atom stereocenters. The summed E-state index contributed by atoms with van der Waals surface area (Å²) in [5.41, 5.74) is -4.00. The van der Waals surface area contributed by atoms with Crippen molar-refractivity contribution in [3.8, 4) is 17.2 Å². The van der Waals surface area contributed by atoms with Gasteiger partial charge in [-0.3, -0.25) is 14.4 Å². The van der Waals surface area contributed by atoms with E-state index in [4.69, 9.17) is 14.2 Å². The molecule has 4 rings (SSSR count). The summed E-state index contributed by atoms with van der Waals surface area (Å²) < 4.78 is 111. The number of carbonyl (C=O) groups excluding carboxylic acids is 3. The fourth-order valence-corrected chi connectivity index (χ4v) is 5.20. The summed E-state index contributed by atoms with van der Waals surface area (Å²) in [6, 6.07) is 16.9. The van der Waals surface area contributed by atoms with Gasteiger partial charge in [0.2, 0.25) is 5.91 Å². The lowest BCUT2D eigenvalue weighted by Gasteiger charge is -2.15. The standard InChI is InChI=1S/C34H26F7N3O6S/c1-48-22-15-24(50-3)23(49-2)13-18(22)12-21(43-32(46)17-8-5-4-6-9-17)33(47)42-19-10-7-11-20(14-19)51-16-25(45)44-31-29(37)27(35)26(34(39,40)41)28(36)30(31)38/h4-15H,16H2,1-3H3,(H,42,47)(H,43,46)(H,44,45)/b21-12+. The average molecular weight is 738 g/mol. The third-order valence-corrected chi connectivity index (χ3v) is 7.83. The Bertz CT molecular complexity index is 1960. The number of methoxy groups -OCH3 is 3. The number of anilines is 2. The van der Waals surface area contributed by atoms with Crippen LogP contribution in [-0.2, 0) is 15.8 Å². The van der Waals surface area contributed by atoms with E-state index in [1.165, 1.54) is 75.9 Å². The minimum Gasteiger partial charge on any atom is -0.496 e. The molecule has 0 unspecified atom stereocenters. The molecule has 4 aromatic rings. The number of alkyl halides is 3. The number of carbonyl (C=O) groups is 3. The van der Waals surface area contributed by atoms with Crippen molar-refractivity contribution in [3.05, 3.63) is 112 Å². The number of hydrogen-bond acceptors (Lipinski definition) is 7. The van der Waals surface area contributed by atoms with E-state index >= 15 is 0 Å². The molecule has 268 valence electrons. The summed E-state index contributed by atoms with van der Waals surface area (Å²) in [7, 11) is 4.21. The third kappa shape index (κ3) is 9.10. The number of hydrogen-bond donors (Lipinski definition) is 3. The van der Waals surface area contributed by atoms with Crippen molar-refractivity contribution in [1.29, 1.82) is 0 Å². The quantitative estimate of drug-likeness (QED) is 0.0600. The molecule has 0 saturated heterocycles. The van der Waals surface area contributed by atoms with Crippen molar-refractivity contribution in [3.63, 3.8) is 0 Å². The van der Waals surface area contributed by atoms with E-state index in [-0.39, 0.29) is 22.7 Å². The Kier molecular flexibility index (Phi) is 12.2. The predicted molar refractivity (Wildman–Crippen MR) is 174 cm³/mol. The molecular weight excluding hydrogens is 711 g/mol. The molecule has 0 heterocycles. The first-order valence-corrected chi connectivity index (χ1v) is 15.3. The van der Waals surface area contributed by atoms with Gasteiger partial charge in [-0.1, -0.05) is 24.3 Å². The van der Waals surface area contributed by atoms with Crippen LogP contribution in [0.2, 0.25) is 0 Å². The van der Waals surface area contributed by atoms with Crippen molar-refractivity contribution < 1.29 is 59.3 Å². The second-order valence-corrected chi connectivity index (χ2v) is 11.2. The molecule has 3 N–H and O–H groups in total. The molecule has 0 fully saturated rings. The maximum atomic E-state index is 14.2. The Labute approximate surface area is 289 Å². The number of rotatable bonds is 12. The smallest absolute Gasteiger partial charge is 0.422 e. The Balaban J connectivity index is 1.55. The van der Waals surface area contributed by atoms with Crippen LogP contribution in [0.15, 0.2) is 77.3 Å². The van der Waals surface area contributed by atoms with E-state index in [2.05, 4.69) is 10.6 Å². The van der Waals surface area contributed by atoms with E-state index in [1.807, 2.05) is 0 Å². The van der Waals surface area contributed by atoms with Gasteiger partial charge < -0.3 is 30.2 Å². The van der Waals surface area contributed by atoms with Crippen LogP contribution in [0.5, 0.6) is 17.2 Å². The Morgan fingerprint density at radius 2 is 1.35 bits per heavy atom. The summed E-state index contributed by atoms with van der Waals surface area (Å²) in [6.07, 6.45) is -4.40. The second kappa shape index (κ2) is 16.3. The molecular formula is C34H26F7N3O6S. The van der Waals surface area contributed by atoms with Crippen LogP contribution in [0.3, 0.4) is 0 Å². The minimum absolute atomic E-state index is 0.161. The molecule has 0 radical (unpaired) electrons. The molecule has 0 bridgehead atoms. The van der Waals surface area contributed by atoms with E-state index < -0.39 is 64.2 Å². The van der Waals surface area contributed by atoms with Gasteiger partial charge >= 0.3 is 6.18 Å². The normalized spacial score (nSPS) is 11.5. The van der Waals surface area contributed by atoms with E-state index in [1.54, 1.807) is 23.5 Å². The fourth-order valence-electron chi connectivity index (χ4n) is 4.44. The zero-order chi connectivity index (χ0) is 37.5. The molecule has 51 heavy (non-hydrogen) atoms. The summed E-state index contributed by atoms with van der Waals surface area (Å²) in [5.74, 6) is -12.7. The highest BCUT2D eigenvalue weighted by atomic mass is 32.2. The van der Waals surface area contributed by atoms with Crippen molar-refractivity contribution in [2.75, 3.05) is 37.7 Å². The van der Waals surface area contributed by atoms with Crippen LogP contribution >= 0.6 is 11.8 Å². The van der Waals surface area contributed by atoms with Crippen molar-refractivity contribution in [2.24, 2.45) is 0 Å². The van der Waals surface area contributed by atoms with Gasteiger partial charge in [-0.25, -0.2) is 17.6 Å². The van der Waals surface area contributed by atoms with E-state index in [0.29, 0.717) is 22.0 Å². The predicted octanol–water partition coefficient (Wildman–Crippen LogP) is 7.43. The molecule has 4 aromatic carbocycles. The first kappa shape index (κ1) is 38.1. The van der Waals surface area contributed by atoms with Gasteiger partial charge in [0.25, 0.3) is 11.8 Å². The van der Waals surface area contributed by atoms with Crippen LogP contribution in [0, 0.1) is 23.3 Å². The van der Waals surface area contributed by atoms with Gasteiger partial charge in [-0.2, -0.15) is 13.2 Å². The lowest BCUT2D eigenvalue weighted by atomic mass is 10.1. The molecule has 3 amide bonds. The molecule has 0 aliphatic rings. The Hall–Kier alpha value is -5.71. The SMILES string of the molecule is COc1cc(OC)c(OC)cc1/C=C(/NC(=O)c1ccccc1)C(=O)Nc1cccc(SCC(=O)Nc2c(F)c(F)c(C(F)(F)F)c(F)c2F)c1. The summed E-state index contributed by atoms with van der Waals surface area (Å²) in [6.45, 7) is 0. The van der Waals surface area contributed by atoms with E-state index in [0.717, 1.165) is 11.8 Å². The monoisotopic (exact) mass is 737 g/mol. The van der Waals surface area contributed by atoms with Gasteiger partial charge in [0, 0.05) is 27.8 Å². The molecule has 0 spiro atoms. The van der Waals surface area contributed by atoms with Gasteiger partial charge in [-0.05, 0) is 42.5 Å². The molecule has 0 aliphatic carbocycles. The number of halogens is 7. The number of thioether (sulfide) groups is 1. The maximum absolute atomic E-state index is 14.2. The van der Waals surface area contributed by atoms with Crippen molar-refractivity contribution >= 4 is 46.9 Å². The van der Waals surface area contributed by atoms with Gasteiger partial charge in [0.1, 0.15) is 22.7 Å². The van der Waals surface area contributed by atoms with Gasteiger partial charge in [0.05, 0.1) is 27.1 Å². The van der Waals surface area contributed by atoms with Gasteiger partial charge in [-0.15, -0.1) is 11.8 Å². The molecule has 0 aromatic heterocycles. The van der Waals surface area contributed by atoms with Crippen LogP contribution in [-0.4, -0.2) is 44.8 Å². The minimum atomic E-state index is -5.74. The van der Waals surface area contributed by atoms with Crippen molar-refractivity contribution in [2.45, 2.75) is 11.1 Å². The fraction of sp³-hybridized carbons (Fsp3) is 0.147. The Morgan fingerprint density at radius 3 is 1.94 bits per heavy atom. The third-order valence-electron chi connectivity index (χ3n) is 6.84. The Morgan fingerprint density at radius 1 is 0.745 bits per heavy atom. The van der Waals surface area contributed by atoms with Crippen LogP contribution in [0.4, 0.5) is 42.1 Å². The number of nitrogens with one attached hydrogen (secondary N) is 3. The van der Waals surface area contributed by atoms with E-state index in [9.17, 15) is 45.1 Å². The highest BCUT2D eigenvalue weighted by Gasteiger charge is 2.42. The van der Waals surface area contributed by atoms with Crippen LogP contribution < -0.4 is 30.2 Å². The largest absolute Gasteiger partial charge is 0.496 e. The van der Waals surface area contributed by atoms with Crippen molar-refractivity contribution in [1.82, 2.24) is 5.32 Å². The summed E-state index contributed by atoms with van der Waals surface area (Å²) >= 11 is 0.746. The topological polar surface area (TPSA) is 115 Å². The lowest BCUT2D eigenvalue weighted by Crippen LogP contribution is -2.30. The molecule has 9 nitrogen and oxygen atoms in total. The highest BCUT2D eigenvalue weighted by molar-refractivity contribution is 8.00. The van der Waals surface area contributed by atoms with Crippen LogP contribution in [0.1, 0.15) is 21.5 Å². The van der Waals surface area contributed by atoms with Crippen LogP contribution in [0.25, 0.3) is 6.08 Å². The zero-order valence-corrected chi connectivity index (χ0v) is 27.5. The first-order valence-electron chi connectivity index (χ1n) is 14.3. The molecule has 0 aliphatic heterocycles. The highest BCUT2D eigenvalue weighted by Crippen LogP contribution is 2.39. The maximum Gasteiger partial charge on any atom is 0.422 e. The number of benzene rings is 4. The molecule has 0 saturated carbocycles. The first-order chi connectivity index (χ1) is 24.2. The summed E-state index contributed by atoms with van der Waals surface area (Å²) in [5, 5.41) is 6.74. The number of ether oxygens (including phenoxy) is 3. The number of amides is 3. The van der Waals surface area contributed by atoms with Gasteiger partial charge in [0.15, 0.2) is 34.8 Å². The molecule has 17 heteroatoms. The lowest BCUT2D eigenvalue weighted by molar-refractivity contribution is -0.143. The summed E-state index contributed by atoms with van der Waals surface area (Å²) in [4.78, 5) is 39.4. The second-order valence-electron chi connectivity index (χ2n) is 10.1. The average Bonchev–Trinajstić information content (AvgIpc) is 3.11. The zero-order valence-electron chi connectivity index (χ0n) is 26.6.